The highest BCUT2D eigenvalue weighted by atomic mass is 19.4. The van der Waals surface area contributed by atoms with E-state index in [1.165, 1.54) is 0 Å². The Hall–Kier alpha value is -2.10. The summed E-state index contributed by atoms with van der Waals surface area (Å²) < 4.78 is 38.1. The maximum Gasteiger partial charge on any atom is 0.391 e. The number of hydrogen-bond donors (Lipinski definition) is 2. The van der Waals surface area contributed by atoms with E-state index in [4.69, 9.17) is 5.73 Å². The molecule has 0 unspecified atom stereocenters. The first-order valence-electron chi connectivity index (χ1n) is 6.70. The number of rotatable bonds is 2. The highest BCUT2D eigenvalue weighted by Crippen LogP contribution is 2.37. The summed E-state index contributed by atoms with van der Waals surface area (Å²) in [6, 6.07) is 5.33. The smallest absolute Gasteiger partial charge is 0.391 e. The topological polar surface area (TPSA) is 65.1 Å². The number of anilines is 3. The largest absolute Gasteiger partial charge is 0.397 e. The molecule has 114 valence electrons. The Balaban J connectivity index is 2.22. The van der Waals surface area contributed by atoms with Crippen LogP contribution in [0.5, 0.6) is 0 Å². The van der Waals surface area contributed by atoms with E-state index < -0.39 is 12.1 Å². The van der Waals surface area contributed by atoms with Crippen LogP contribution in [0, 0.1) is 17.2 Å². The van der Waals surface area contributed by atoms with Crippen molar-refractivity contribution < 1.29 is 13.2 Å². The maximum atomic E-state index is 12.7. The lowest BCUT2D eigenvalue weighted by atomic mass is 9.95. The highest BCUT2D eigenvalue weighted by molar-refractivity contribution is 5.77. The zero-order valence-electron chi connectivity index (χ0n) is 11.7. The van der Waals surface area contributed by atoms with Crippen LogP contribution in [0.4, 0.5) is 30.2 Å². The molecular weight excluding hydrogens is 281 g/mol. The maximum absolute atomic E-state index is 12.7. The van der Waals surface area contributed by atoms with Crippen molar-refractivity contribution in [2.24, 2.45) is 5.92 Å². The van der Waals surface area contributed by atoms with Gasteiger partial charge in [-0.25, -0.2) is 0 Å². The first-order valence-corrected chi connectivity index (χ1v) is 6.70. The Morgan fingerprint density at radius 2 is 1.95 bits per heavy atom. The van der Waals surface area contributed by atoms with E-state index in [0.29, 0.717) is 22.6 Å². The molecule has 0 spiro atoms. The number of benzene rings is 1. The molecular formula is C14H17F3N4. The molecule has 0 amide bonds. The number of nitrogens with two attached hydrogens (primary N) is 1. The summed E-state index contributed by atoms with van der Waals surface area (Å²) in [5.74, 6) is -1.25. The lowest BCUT2D eigenvalue weighted by Crippen LogP contribution is -2.39. The van der Waals surface area contributed by atoms with Crippen molar-refractivity contribution in [1.82, 2.24) is 0 Å². The fraction of sp³-hybridized carbons (Fsp3) is 0.500. The van der Waals surface area contributed by atoms with E-state index in [2.05, 4.69) is 11.4 Å². The minimum Gasteiger partial charge on any atom is -0.397 e. The van der Waals surface area contributed by atoms with Crippen molar-refractivity contribution in [3.8, 4) is 6.07 Å². The molecule has 1 heterocycles. The summed E-state index contributed by atoms with van der Waals surface area (Å²) in [5, 5.41) is 12.1. The Kier molecular flexibility index (Phi) is 4.16. The van der Waals surface area contributed by atoms with Gasteiger partial charge in [0.1, 0.15) is 6.07 Å². The van der Waals surface area contributed by atoms with Crippen LogP contribution in [-0.2, 0) is 0 Å². The standard InChI is InChI=1S/C14H17F3N4/c1-20-12-7-13(9(8-18)6-11(12)19)21-4-2-10(3-5-21)14(15,16)17/h6-7,10,20H,2-5,19H2,1H3. The van der Waals surface area contributed by atoms with E-state index in [9.17, 15) is 18.4 Å². The summed E-state index contributed by atoms with van der Waals surface area (Å²) in [5.41, 5.74) is 7.94. The van der Waals surface area contributed by atoms with Gasteiger partial charge in [0.2, 0.25) is 0 Å². The molecule has 1 aliphatic heterocycles. The normalized spacial score (nSPS) is 16.6. The minimum atomic E-state index is -4.14. The first kappa shape index (κ1) is 15.3. The zero-order valence-corrected chi connectivity index (χ0v) is 11.7. The van der Waals surface area contributed by atoms with Crippen LogP contribution in [0.1, 0.15) is 18.4 Å². The van der Waals surface area contributed by atoms with Crippen LogP contribution >= 0.6 is 0 Å². The molecule has 0 aliphatic carbocycles. The number of nitrogen functional groups attached to an aromatic ring is 1. The van der Waals surface area contributed by atoms with Gasteiger partial charge in [0, 0.05) is 20.1 Å². The van der Waals surface area contributed by atoms with Crippen LogP contribution in [0.3, 0.4) is 0 Å². The molecule has 4 nitrogen and oxygen atoms in total. The van der Waals surface area contributed by atoms with Crippen LogP contribution in [-0.4, -0.2) is 26.3 Å². The van der Waals surface area contributed by atoms with Crippen LogP contribution < -0.4 is 16.0 Å². The van der Waals surface area contributed by atoms with E-state index in [-0.39, 0.29) is 25.9 Å². The zero-order chi connectivity index (χ0) is 15.6. The van der Waals surface area contributed by atoms with Gasteiger partial charge in [-0.15, -0.1) is 0 Å². The number of nitrogens with one attached hydrogen (secondary N) is 1. The molecule has 3 N–H and O–H groups in total. The molecule has 2 rings (SSSR count). The Bertz CT molecular complexity index is 555. The molecule has 1 aromatic carbocycles. The van der Waals surface area contributed by atoms with Gasteiger partial charge in [0.05, 0.1) is 28.5 Å². The van der Waals surface area contributed by atoms with Gasteiger partial charge < -0.3 is 16.0 Å². The lowest BCUT2D eigenvalue weighted by molar-refractivity contribution is -0.179. The molecule has 0 bridgehead atoms. The second-order valence-electron chi connectivity index (χ2n) is 5.12. The van der Waals surface area contributed by atoms with Gasteiger partial charge in [-0.1, -0.05) is 0 Å². The van der Waals surface area contributed by atoms with Crippen molar-refractivity contribution in [3.63, 3.8) is 0 Å². The predicted molar refractivity (Wildman–Crippen MR) is 76.1 cm³/mol. The van der Waals surface area contributed by atoms with E-state index in [1.807, 2.05) is 4.90 Å². The van der Waals surface area contributed by atoms with E-state index in [0.717, 1.165) is 0 Å². The molecule has 0 atom stereocenters. The molecule has 0 saturated carbocycles. The number of nitrogens with zero attached hydrogens (tertiary/aromatic N) is 2. The molecule has 0 radical (unpaired) electrons. The molecule has 1 fully saturated rings. The third-order valence-electron chi connectivity index (χ3n) is 3.86. The van der Waals surface area contributed by atoms with Gasteiger partial charge in [-0.2, -0.15) is 18.4 Å². The molecule has 1 saturated heterocycles. The average Bonchev–Trinajstić information content (AvgIpc) is 2.46. The number of nitriles is 1. The third-order valence-corrected chi connectivity index (χ3v) is 3.86. The van der Waals surface area contributed by atoms with Gasteiger partial charge in [0.25, 0.3) is 0 Å². The highest BCUT2D eigenvalue weighted by Gasteiger charge is 2.41. The Labute approximate surface area is 121 Å². The minimum absolute atomic E-state index is 0.0492. The van der Waals surface area contributed by atoms with E-state index >= 15 is 0 Å². The summed E-state index contributed by atoms with van der Waals surface area (Å²) in [6.45, 7) is 0.567. The lowest BCUT2D eigenvalue weighted by Gasteiger charge is -2.35. The second kappa shape index (κ2) is 5.72. The van der Waals surface area contributed by atoms with Crippen molar-refractivity contribution in [2.45, 2.75) is 19.0 Å². The number of alkyl halides is 3. The number of piperidine rings is 1. The third kappa shape index (κ3) is 3.15. The fourth-order valence-electron chi connectivity index (χ4n) is 2.62. The van der Waals surface area contributed by atoms with Crippen molar-refractivity contribution in [3.05, 3.63) is 17.7 Å². The van der Waals surface area contributed by atoms with Crippen molar-refractivity contribution >= 4 is 17.1 Å². The van der Waals surface area contributed by atoms with Crippen LogP contribution in [0.2, 0.25) is 0 Å². The first-order chi connectivity index (χ1) is 9.86. The number of hydrogen-bond acceptors (Lipinski definition) is 4. The predicted octanol–water partition coefficient (Wildman–Crippen LogP) is 2.96. The monoisotopic (exact) mass is 298 g/mol. The van der Waals surface area contributed by atoms with Gasteiger partial charge >= 0.3 is 6.18 Å². The van der Waals surface area contributed by atoms with Gasteiger partial charge in [-0.3, -0.25) is 0 Å². The molecule has 1 aromatic rings. The number of halogens is 3. The van der Waals surface area contributed by atoms with Crippen molar-refractivity contribution in [1.29, 1.82) is 5.26 Å². The van der Waals surface area contributed by atoms with Crippen LogP contribution in [0.25, 0.3) is 0 Å². The Morgan fingerprint density at radius 3 is 2.43 bits per heavy atom. The fourth-order valence-corrected chi connectivity index (χ4v) is 2.62. The molecule has 1 aliphatic rings. The van der Waals surface area contributed by atoms with Crippen LogP contribution in [0.15, 0.2) is 12.1 Å². The average molecular weight is 298 g/mol. The molecule has 21 heavy (non-hydrogen) atoms. The van der Waals surface area contributed by atoms with E-state index in [1.54, 1.807) is 19.2 Å². The summed E-state index contributed by atoms with van der Waals surface area (Å²) in [6.07, 6.45) is -4.04. The molecule has 7 heteroatoms. The Morgan fingerprint density at radius 1 is 1.33 bits per heavy atom. The summed E-state index contributed by atoms with van der Waals surface area (Å²) in [4.78, 5) is 1.82. The summed E-state index contributed by atoms with van der Waals surface area (Å²) >= 11 is 0. The SMILES string of the molecule is CNc1cc(N2CCC(C(F)(F)F)CC2)c(C#N)cc1N. The van der Waals surface area contributed by atoms with Crippen molar-refractivity contribution in [2.75, 3.05) is 36.1 Å². The van der Waals surface area contributed by atoms with Gasteiger partial charge in [-0.05, 0) is 25.0 Å². The quantitative estimate of drug-likeness (QED) is 0.824. The molecule has 0 aromatic heterocycles. The summed E-state index contributed by atoms with van der Waals surface area (Å²) in [7, 11) is 1.71. The van der Waals surface area contributed by atoms with Gasteiger partial charge in [0.15, 0.2) is 0 Å². The second-order valence-corrected chi connectivity index (χ2v) is 5.12.